The van der Waals surface area contributed by atoms with Gasteiger partial charge in [0.05, 0.1) is 18.8 Å². The van der Waals surface area contributed by atoms with E-state index in [1.165, 1.54) is 37.1 Å². The molecule has 0 bridgehead atoms. The van der Waals surface area contributed by atoms with Crippen LogP contribution in [0, 0.1) is 12.7 Å². The summed E-state index contributed by atoms with van der Waals surface area (Å²) in [5.74, 6) is -1.56. The molecule has 3 N–H and O–H groups in total. The average Bonchev–Trinajstić information content (AvgIpc) is 2.63. The van der Waals surface area contributed by atoms with Gasteiger partial charge in [-0.15, -0.1) is 0 Å². The monoisotopic (exact) mass is 386 g/mol. The Labute approximate surface area is 162 Å². The van der Waals surface area contributed by atoms with Crippen molar-refractivity contribution in [2.24, 2.45) is 0 Å². The summed E-state index contributed by atoms with van der Waals surface area (Å²) in [4.78, 5) is 36.6. The third-order valence-corrected chi connectivity index (χ3v) is 3.86. The van der Waals surface area contributed by atoms with Crippen molar-refractivity contribution in [2.75, 3.05) is 36.1 Å². The molecule has 0 heterocycles. The summed E-state index contributed by atoms with van der Waals surface area (Å²) in [6.07, 6.45) is 0. The number of carbonyl (C=O) groups is 3. The van der Waals surface area contributed by atoms with Crippen molar-refractivity contribution in [3.05, 3.63) is 53.8 Å². The molecule has 0 aliphatic heterocycles. The zero-order chi connectivity index (χ0) is 20.7. The number of hydrogen-bond donors (Lipinski definition) is 3. The molecule has 2 aromatic carbocycles. The molecule has 0 aliphatic rings. The lowest BCUT2D eigenvalue weighted by atomic mass is 10.2. The van der Waals surface area contributed by atoms with Crippen molar-refractivity contribution in [3.63, 3.8) is 0 Å². The van der Waals surface area contributed by atoms with Gasteiger partial charge in [-0.1, -0.05) is 17.7 Å². The van der Waals surface area contributed by atoms with Crippen LogP contribution in [0.25, 0.3) is 0 Å². The topological polar surface area (TPSA) is 90.5 Å². The van der Waals surface area contributed by atoms with Crippen molar-refractivity contribution in [3.8, 4) is 0 Å². The Kier molecular flexibility index (Phi) is 7.08. The molecule has 3 amide bonds. The van der Waals surface area contributed by atoms with Crippen molar-refractivity contribution in [1.82, 2.24) is 4.90 Å². The largest absolute Gasteiger partial charge is 0.374 e. The van der Waals surface area contributed by atoms with Gasteiger partial charge < -0.3 is 20.9 Å². The molecule has 148 valence electrons. The van der Waals surface area contributed by atoms with Gasteiger partial charge in [-0.3, -0.25) is 14.4 Å². The lowest BCUT2D eigenvalue weighted by Gasteiger charge is -2.18. The van der Waals surface area contributed by atoms with E-state index in [4.69, 9.17) is 0 Å². The lowest BCUT2D eigenvalue weighted by Crippen LogP contribution is -2.38. The van der Waals surface area contributed by atoms with E-state index in [-0.39, 0.29) is 36.5 Å². The SMILES string of the molecule is CC(=O)Nc1ccc(F)c(NCC(=O)N(C)CC(=O)Nc2ccc(C)cc2)c1. The summed E-state index contributed by atoms with van der Waals surface area (Å²) in [5.41, 5.74) is 2.21. The first-order chi connectivity index (χ1) is 13.2. The predicted molar refractivity (Wildman–Crippen MR) is 107 cm³/mol. The van der Waals surface area contributed by atoms with Gasteiger partial charge in [-0.2, -0.15) is 0 Å². The van der Waals surface area contributed by atoms with E-state index >= 15 is 0 Å². The summed E-state index contributed by atoms with van der Waals surface area (Å²) in [5, 5.41) is 7.94. The highest BCUT2D eigenvalue weighted by atomic mass is 19.1. The normalized spacial score (nSPS) is 10.1. The molecule has 0 atom stereocenters. The van der Waals surface area contributed by atoms with Gasteiger partial charge >= 0.3 is 0 Å². The minimum Gasteiger partial charge on any atom is -0.374 e. The Hall–Kier alpha value is -3.42. The molecule has 0 radical (unpaired) electrons. The molecule has 0 saturated heterocycles. The summed E-state index contributed by atoms with van der Waals surface area (Å²) in [6, 6.07) is 11.3. The maximum atomic E-state index is 13.9. The van der Waals surface area contributed by atoms with Gasteiger partial charge in [0.1, 0.15) is 5.82 Å². The van der Waals surface area contributed by atoms with Crippen molar-refractivity contribution < 1.29 is 18.8 Å². The minimum atomic E-state index is -0.554. The molecule has 28 heavy (non-hydrogen) atoms. The predicted octanol–water partition coefficient (Wildman–Crippen LogP) is 2.60. The number of anilines is 3. The van der Waals surface area contributed by atoms with Gasteiger partial charge in [0.25, 0.3) is 0 Å². The molecule has 0 saturated carbocycles. The summed E-state index contributed by atoms with van der Waals surface area (Å²) >= 11 is 0. The van der Waals surface area contributed by atoms with Gasteiger partial charge in [0, 0.05) is 25.3 Å². The van der Waals surface area contributed by atoms with Crippen LogP contribution in [0.2, 0.25) is 0 Å². The fourth-order valence-electron chi connectivity index (χ4n) is 2.39. The van der Waals surface area contributed by atoms with Gasteiger partial charge in [0.15, 0.2) is 0 Å². The Morgan fingerprint density at radius 1 is 1.00 bits per heavy atom. The van der Waals surface area contributed by atoms with E-state index in [1.54, 1.807) is 12.1 Å². The van der Waals surface area contributed by atoms with E-state index in [0.29, 0.717) is 11.4 Å². The van der Waals surface area contributed by atoms with Crippen LogP contribution in [0.4, 0.5) is 21.5 Å². The first kappa shape index (κ1) is 20.9. The van der Waals surface area contributed by atoms with Crippen LogP contribution in [0.1, 0.15) is 12.5 Å². The molecule has 2 aromatic rings. The highest BCUT2D eigenvalue weighted by Gasteiger charge is 2.14. The first-order valence-electron chi connectivity index (χ1n) is 8.66. The lowest BCUT2D eigenvalue weighted by molar-refractivity contribution is -0.131. The number of nitrogens with one attached hydrogen (secondary N) is 3. The van der Waals surface area contributed by atoms with E-state index in [1.807, 2.05) is 19.1 Å². The molecule has 0 fully saturated rings. The van der Waals surface area contributed by atoms with Crippen molar-refractivity contribution in [1.29, 1.82) is 0 Å². The molecule has 7 nitrogen and oxygen atoms in total. The number of hydrogen-bond acceptors (Lipinski definition) is 4. The molecule has 2 rings (SSSR count). The third kappa shape index (κ3) is 6.39. The van der Waals surface area contributed by atoms with E-state index in [2.05, 4.69) is 16.0 Å². The fraction of sp³-hybridized carbons (Fsp3) is 0.250. The quantitative estimate of drug-likeness (QED) is 0.682. The number of amides is 3. The van der Waals surface area contributed by atoms with Crippen LogP contribution < -0.4 is 16.0 Å². The van der Waals surface area contributed by atoms with Crippen LogP contribution >= 0.6 is 0 Å². The second-order valence-corrected chi connectivity index (χ2v) is 6.39. The van der Waals surface area contributed by atoms with Gasteiger partial charge in [0.2, 0.25) is 17.7 Å². The van der Waals surface area contributed by atoms with Crippen LogP contribution in [-0.4, -0.2) is 42.8 Å². The van der Waals surface area contributed by atoms with Gasteiger partial charge in [-0.05, 0) is 37.3 Å². The molecular formula is C20H23FN4O3. The Balaban J connectivity index is 1.87. The first-order valence-corrected chi connectivity index (χ1v) is 8.66. The summed E-state index contributed by atoms with van der Waals surface area (Å²) in [7, 11) is 1.49. The van der Waals surface area contributed by atoms with Crippen molar-refractivity contribution in [2.45, 2.75) is 13.8 Å². The smallest absolute Gasteiger partial charge is 0.243 e. The molecule has 0 aromatic heterocycles. The zero-order valence-corrected chi connectivity index (χ0v) is 16.0. The molecule has 0 aliphatic carbocycles. The van der Waals surface area contributed by atoms with Crippen molar-refractivity contribution >= 4 is 34.8 Å². The number of carbonyl (C=O) groups excluding carboxylic acids is 3. The number of aryl methyl sites for hydroxylation is 1. The average molecular weight is 386 g/mol. The van der Waals surface area contributed by atoms with Crippen LogP contribution in [0.3, 0.4) is 0 Å². The van der Waals surface area contributed by atoms with Crippen LogP contribution in [0.5, 0.6) is 0 Å². The standard InChI is InChI=1S/C20H23FN4O3/c1-13-4-6-15(7-5-13)24-19(27)12-25(3)20(28)11-22-18-10-16(23-14(2)26)8-9-17(18)21/h4-10,22H,11-12H2,1-3H3,(H,23,26)(H,24,27). The number of halogens is 1. The Bertz CT molecular complexity index is 868. The molecule has 8 heteroatoms. The van der Waals surface area contributed by atoms with E-state index in [9.17, 15) is 18.8 Å². The number of likely N-dealkylation sites (N-methyl/N-ethyl adjacent to an activating group) is 1. The molecule has 0 unspecified atom stereocenters. The maximum Gasteiger partial charge on any atom is 0.243 e. The maximum absolute atomic E-state index is 13.9. The number of benzene rings is 2. The number of nitrogens with zero attached hydrogens (tertiary/aromatic N) is 1. The molecular weight excluding hydrogens is 363 g/mol. The van der Waals surface area contributed by atoms with E-state index in [0.717, 1.165) is 5.56 Å². The highest BCUT2D eigenvalue weighted by molar-refractivity contribution is 5.95. The third-order valence-electron chi connectivity index (χ3n) is 3.86. The summed E-state index contributed by atoms with van der Waals surface area (Å²) in [6.45, 7) is 2.95. The highest BCUT2D eigenvalue weighted by Crippen LogP contribution is 2.19. The zero-order valence-electron chi connectivity index (χ0n) is 16.0. The minimum absolute atomic E-state index is 0.0807. The van der Waals surface area contributed by atoms with E-state index < -0.39 is 5.82 Å². The Morgan fingerprint density at radius 2 is 1.64 bits per heavy atom. The number of rotatable bonds is 7. The second kappa shape index (κ2) is 9.50. The Morgan fingerprint density at radius 3 is 2.29 bits per heavy atom. The van der Waals surface area contributed by atoms with Crippen LogP contribution in [-0.2, 0) is 14.4 Å². The summed E-state index contributed by atoms with van der Waals surface area (Å²) < 4.78 is 13.9. The molecule has 0 spiro atoms. The fourth-order valence-corrected chi connectivity index (χ4v) is 2.39. The van der Waals surface area contributed by atoms with Gasteiger partial charge in [-0.25, -0.2) is 4.39 Å². The second-order valence-electron chi connectivity index (χ2n) is 6.39. The van der Waals surface area contributed by atoms with Crippen LogP contribution in [0.15, 0.2) is 42.5 Å².